The summed E-state index contributed by atoms with van der Waals surface area (Å²) in [5, 5.41) is 0. The van der Waals surface area contributed by atoms with Crippen molar-refractivity contribution in [3.63, 3.8) is 0 Å². The number of alkyl halides is 2. The van der Waals surface area contributed by atoms with E-state index in [-0.39, 0.29) is 5.56 Å². The van der Waals surface area contributed by atoms with E-state index in [0.29, 0.717) is 5.92 Å². The highest BCUT2D eigenvalue weighted by Crippen LogP contribution is 2.48. The van der Waals surface area contributed by atoms with Gasteiger partial charge >= 0.3 is 0 Å². The molecule has 1 aromatic rings. The zero-order valence-corrected chi connectivity index (χ0v) is 8.08. The zero-order valence-electron chi connectivity index (χ0n) is 8.08. The molecule has 3 heteroatoms. The molecular weight excluding hydrogens is 184 g/mol. The summed E-state index contributed by atoms with van der Waals surface area (Å²) in [5.41, 5.74) is 0.990. The van der Waals surface area contributed by atoms with Crippen LogP contribution in [0.1, 0.15) is 43.4 Å². The minimum Gasteiger partial charge on any atom is -0.261 e. The van der Waals surface area contributed by atoms with Gasteiger partial charge < -0.3 is 0 Å². The molecule has 0 saturated heterocycles. The van der Waals surface area contributed by atoms with Crippen molar-refractivity contribution in [2.45, 2.75) is 32.1 Å². The second-order valence-electron chi connectivity index (χ2n) is 3.83. The Balaban J connectivity index is 2.08. The first-order chi connectivity index (χ1) is 6.72. The van der Waals surface area contributed by atoms with Crippen LogP contribution in [0, 0.1) is 5.92 Å². The number of hydrogen-bond donors (Lipinski definition) is 0. The van der Waals surface area contributed by atoms with Gasteiger partial charge in [-0.05, 0) is 24.5 Å². The number of nitrogens with zero attached hydrogens (tertiary/aromatic N) is 1. The van der Waals surface area contributed by atoms with Gasteiger partial charge in [0.2, 0.25) is 0 Å². The van der Waals surface area contributed by atoms with Gasteiger partial charge in [0.1, 0.15) is 0 Å². The van der Waals surface area contributed by atoms with E-state index in [4.69, 9.17) is 0 Å². The van der Waals surface area contributed by atoms with Crippen LogP contribution in [0.15, 0.2) is 18.3 Å². The second-order valence-corrected chi connectivity index (χ2v) is 3.83. The van der Waals surface area contributed by atoms with E-state index >= 15 is 0 Å². The van der Waals surface area contributed by atoms with Gasteiger partial charge in [-0.25, -0.2) is 8.78 Å². The standard InChI is InChI=1S/C11H13F2N/c1-2-7-5-9(7)10-4-3-8(6-14-10)11(12)13/h3-4,6-7,9,11H,2,5H2,1H3/t7-,9-/m0/s1. The monoisotopic (exact) mass is 197 g/mol. The molecule has 1 aromatic heterocycles. The highest BCUT2D eigenvalue weighted by atomic mass is 19.3. The summed E-state index contributed by atoms with van der Waals surface area (Å²) in [6, 6.07) is 3.22. The summed E-state index contributed by atoms with van der Waals surface area (Å²) < 4.78 is 24.4. The van der Waals surface area contributed by atoms with Gasteiger partial charge in [-0.3, -0.25) is 4.98 Å². The fourth-order valence-corrected chi connectivity index (χ4v) is 1.83. The molecule has 1 nitrogen and oxygen atoms in total. The van der Waals surface area contributed by atoms with E-state index in [9.17, 15) is 8.78 Å². The third-order valence-electron chi connectivity index (χ3n) is 2.89. The van der Waals surface area contributed by atoms with Crippen LogP contribution in [0.25, 0.3) is 0 Å². The van der Waals surface area contributed by atoms with Crippen LogP contribution in [-0.2, 0) is 0 Å². The maximum absolute atomic E-state index is 12.2. The number of pyridine rings is 1. The maximum atomic E-state index is 12.2. The molecule has 0 spiro atoms. The molecule has 1 fully saturated rings. The zero-order chi connectivity index (χ0) is 10.1. The fourth-order valence-electron chi connectivity index (χ4n) is 1.83. The molecule has 2 atom stereocenters. The van der Waals surface area contributed by atoms with Crippen molar-refractivity contribution in [1.82, 2.24) is 4.98 Å². The molecule has 0 aliphatic heterocycles. The Morgan fingerprint density at radius 3 is 2.71 bits per heavy atom. The summed E-state index contributed by atoms with van der Waals surface area (Å²) in [6.45, 7) is 2.15. The second kappa shape index (κ2) is 3.64. The molecule has 2 rings (SSSR count). The van der Waals surface area contributed by atoms with Crippen molar-refractivity contribution in [1.29, 1.82) is 0 Å². The van der Waals surface area contributed by atoms with Crippen LogP contribution in [0.4, 0.5) is 8.78 Å². The van der Waals surface area contributed by atoms with E-state index in [0.717, 1.165) is 24.5 Å². The number of halogens is 2. The van der Waals surface area contributed by atoms with E-state index < -0.39 is 6.43 Å². The average Bonchev–Trinajstić information content (AvgIpc) is 2.97. The minimum absolute atomic E-state index is 0.0162. The smallest absolute Gasteiger partial charge is 0.261 e. The van der Waals surface area contributed by atoms with Gasteiger partial charge in [0.05, 0.1) is 0 Å². The highest BCUT2D eigenvalue weighted by molar-refractivity contribution is 5.22. The van der Waals surface area contributed by atoms with Crippen molar-refractivity contribution in [3.8, 4) is 0 Å². The van der Waals surface area contributed by atoms with E-state index in [1.165, 1.54) is 12.3 Å². The third kappa shape index (κ3) is 1.76. The number of aromatic nitrogens is 1. The molecule has 1 heterocycles. The largest absolute Gasteiger partial charge is 0.265 e. The molecule has 0 amide bonds. The predicted molar refractivity (Wildman–Crippen MR) is 50.3 cm³/mol. The van der Waals surface area contributed by atoms with Crippen LogP contribution < -0.4 is 0 Å². The summed E-state index contributed by atoms with van der Waals surface area (Å²) in [6.07, 6.45) is 1.21. The Hall–Kier alpha value is -0.990. The first kappa shape index (κ1) is 9.56. The van der Waals surface area contributed by atoms with E-state index in [1.807, 2.05) is 0 Å². The van der Waals surface area contributed by atoms with Gasteiger partial charge in [0.25, 0.3) is 6.43 Å². The third-order valence-corrected chi connectivity index (χ3v) is 2.89. The van der Waals surface area contributed by atoms with Crippen molar-refractivity contribution in [2.24, 2.45) is 5.92 Å². The average molecular weight is 197 g/mol. The van der Waals surface area contributed by atoms with E-state index in [1.54, 1.807) is 6.07 Å². The van der Waals surface area contributed by atoms with E-state index in [2.05, 4.69) is 11.9 Å². The molecule has 1 saturated carbocycles. The Kier molecular flexibility index (Phi) is 2.48. The Labute approximate surface area is 82.2 Å². The molecule has 76 valence electrons. The Bertz CT molecular complexity index is 308. The highest BCUT2D eigenvalue weighted by Gasteiger charge is 2.37. The van der Waals surface area contributed by atoms with Gasteiger partial charge in [0.15, 0.2) is 0 Å². The quantitative estimate of drug-likeness (QED) is 0.722. The Morgan fingerprint density at radius 1 is 1.50 bits per heavy atom. The number of hydrogen-bond acceptors (Lipinski definition) is 1. The van der Waals surface area contributed by atoms with Gasteiger partial charge in [-0.1, -0.05) is 13.3 Å². The molecule has 1 aliphatic carbocycles. The Morgan fingerprint density at radius 2 is 2.29 bits per heavy atom. The van der Waals surface area contributed by atoms with Crippen molar-refractivity contribution in [2.75, 3.05) is 0 Å². The van der Waals surface area contributed by atoms with Crippen molar-refractivity contribution >= 4 is 0 Å². The first-order valence-corrected chi connectivity index (χ1v) is 4.96. The molecule has 0 aromatic carbocycles. The topological polar surface area (TPSA) is 12.9 Å². The van der Waals surface area contributed by atoms with Gasteiger partial charge in [-0.2, -0.15) is 0 Å². The van der Waals surface area contributed by atoms with Crippen molar-refractivity contribution in [3.05, 3.63) is 29.6 Å². The van der Waals surface area contributed by atoms with Crippen LogP contribution in [-0.4, -0.2) is 4.98 Å². The molecule has 1 aliphatic rings. The van der Waals surface area contributed by atoms with Crippen LogP contribution in [0.3, 0.4) is 0 Å². The normalized spacial score (nSPS) is 25.4. The van der Waals surface area contributed by atoms with Crippen LogP contribution >= 0.6 is 0 Å². The molecule has 0 bridgehead atoms. The number of rotatable bonds is 3. The van der Waals surface area contributed by atoms with Crippen LogP contribution in [0.2, 0.25) is 0 Å². The SMILES string of the molecule is CC[C@H]1C[C@@H]1c1ccc(C(F)F)cn1. The molecule has 14 heavy (non-hydrogen) atoms. The van der Waals surface area contributed by atoms with Crippen LogP contribution in [0.5, 0.6) is 0 Å². The minimum atomic E-state index is -2.40. The molecule has 0 radical (unpaired) electrons. The first-order valence-electron chi connectivity index (χ1n) is 4.96. The summed E-state index contributed by atoms with van der Waals surface area (Å²) in [5.74, 6) is 1.24. The lowest BCUT2D eigenvalue weighted by atomic mass is 10.1. The lowest BCUT2D eigenvalue weighted by molar-refractivity contribution is 0.151. The molecule has 0 N–H and O–H groups in total. The fraction of sp³-hybridized carbons (Fsp3) is 0.545. The van der Waals surface area contributed by atoms with Crippen molar-refractivity contribution < 1.29 is 8.78 Å². The summed E-state index contributed by atoms with van der Waals surface area (Å²) in [7, 11) is 0. The summed E-state index contributed by atoms with van der Waals surface area (Å²) in [4.78, 5) is 4.08. The van der Waals surface area contributed by atoms with Gasteiger partial charge in [-0.15, -0.1) is 0 Å². The lowest BCUT2D eigenvalue weighted by Gasteiger charge is -2.01. The molecule has 0 unspecified atom stereocenters. The predicted octanol–water partition coefficient (Wildman–Crippen LogP) is 3.53. The maximum Gasteiger partial charge on any atom is 0.265 e. The van der Waals surface area contributed by atoms with Gasteiger partial charge in [0, 0.05) is 23.4 Å². The lowest BCUT2D eigenvalue weighted by Crippen LogP contribution is -1.91. The molecular formula is C11H13F2N. The summed E-state index contributed by atoms with van der Waals surface area (Å²) >= 11 is 0.